The first kappa shape index (κ1) is 22.4. The Kier molecular flexibility index (Phi) is 7.32. The molecular weight excluding hydrogens is 530 g/mol. The lowest BCUT2D eigenvalue weighted by atomic mass is 10.1. The van der Waals surface area contributed by atoms with Crippen LogP contribution >= 0.6 is 31.9 Å². The highest BCUT2D eigenvalue weighted by Gasteiger charge is 2.17. The second kappa shape index (κ2) is 10.1. The maximum absolute atomic E-state index is 13.0. The molecule has 0 aliphatic rings. The van der Waals surface area contributed by atoms with E-state index < -0.39 is 16.7 Å². The summed E-state index contributed by atoms with van der Waals surface area (Å²) in [4.78, 5) is 36.1. The molecule has 31 heavy (non-hydrogen) atoms. The van der Waals surface area contributed by atoms with Crippen LogP contribution in [0.3, 0.4) is 0 Å². The molecular formula is C22H15Br2N3O4. The zero-order chi connectivity index (χ0) is 22.4. The minimum atomic E-state index is -0.550. The number of hydrogen-bond acceptors (Lipinski definition) is 4. The highest BCUT2D eigenvalue weighted by atomic mass is 79.9. The number of halogens is 2. The van der Waals surface area contributed by atoms with E-state index >= 15 is 0 Å². The topological polar surface area (TPSA) is 101 Å². The Bertz CT molecular complexity index is 1180. The summed E-state index contributed by atoms with van der Waals surface area (Å²) in [6.07, 6.45) is 1.45. The number of nitrogens with zero attached hydrogens (tertiary/aromatic N) is 1. The molecule has 0 aromatic heterocycles. The van der Waals surface area contributed by atoms with Crippen molar-refractivity contribution in [2.24, 2.45) is 0 Å². The zero-order valence-corrected chi connectivity index (χ0v) is 19.0. The fourth-order valence-electron chi connectivity index (χ4n) is 2.60. The summed E-state index contributed by atoms with van der Waals surface area (Å²) in [6.45, 7) is 0. The summed E-state index contributed by atoms with van der Waals surface area (Å²) >= 11 is 6.69. The van der Waals surface area contributed by atoms with Gasteiger partial charge in [0.15, 0.2) is 0 Å². The van der Waals surface area contributed by atoms with Gasteiger partial charge in [0.25, 0.3) is 17.5 Å². The van der Waals surface area contributed by atoms with Gasteiger partial charge in [-0.1, -0.05) is 24.3 Å². The standard InChI is InChI=1S/C22H15Br2N3O4/c23-17-6-2-1-5-16(17)21(28)26-20(13-14-9-11-15(12-10-14)27(30)31)22(29)25-19-8-4-3-7-18(19)24/h1-13H,(H,25,29)(H,26,28)/b20-13+. The van der Waals surface area contributed by atoms with Crippen LogP contribution in [0.5, 0.6) is 0 Å². The third kappa shape index (κ3) is 5.87. The fraction of sp³-hybridized carbons (Fsp3) is 0. The molecule has 0 unspecified atom stereocenters. The number of nitro groups is 1. The van der Waals surface area contributed by atoms with E-state index in [2.05, 4.69) is 42.5 Å². The normalized spacial score (nSPS) is 11.0. The molecule has 3 aromatic carbocycles. The van der Waals surface area contributed by atoms with Gasteiger partial charge in [0.05, 0.1) is 16.2 Å². The van der Waals surface area contributed by atoms with Crippen molar-refractivity contribution in [3.8, 4) is 0 Å². The highest BCUT2D eigenvalue weighted by molar-refractivity contribution is 9.11. The van der Waals surface area contributed by atoms with Gasteiger partial charge < -0.3 is 10.6 Å². The monoisotopic (exact) mass is 543 g/mol. The largest absolute Gasteiger partial charge is 0.320 e. The molecule has 3 aromatic rings. The van der Waals surface area contributed by atoms with E-state index in [1.807, 2.05) is 6.07 Å². The molecule has 0 bridgehead atoms. The first-order chi connectivity index (χ1) is 14.8. The van der Waals surface area contributed by atoms with Crippen LogP contribution in [0.15, 0.2) is 87.4 Å². The Morgan fingerprint density at radius 3 is 2.10 bits per heavy atom. The van der Waals surface area contributed by atoms with Gasteiger partial charge in [-0.2, -0.15) is 0 Å². The first-order valence-corrected chi connectivity index (χ1v) is 10.5. The van der Waals surface area contributed by atoms with E-state index in [0.717, 1.165) is 0 Å². The van der Waals surface area contributed by atoms with E-state index in [0.29, 0.717) is 25.8 Å². The van der Waals surface area contributed by atoms with Crippen LogP contribution in [0.25, 0.3) is 6.08 Å². The first-order valence-electron chi connectivity index (χ1n) is 8.93. The predicted octanol–water partition coefficient (Wildman–Crippen LogP) is 5.53. The molecule has 7 nitrogen and oxygen atoms in total. The summed E-state index contributed by atoms with van der Waals surface area (Å²) in [5.74, 6) is -1.03. The van der Waals surface area contributed by atoms with Gasteiger partial charge >= 0.3 is 0 Å². The van der Waals surface area contributed by atoms with Crippen molar-refractivity contribution < 1.29 is 14.5 Å². The number of nitrogens with one attached hydrogen (secondary N) is 2. The SMILES string of the molecule is O=C(Nc1ccccc1Br)/C(=C\c1ccc([N+](=O)[O-])cc1)NC(=O)c1ccccc1Br. The van der Waals surface area contributed by atoms with Gasteiger partial charge in [0, 0.05) is 21.1 Å². The molecule has 9 heteroatoms. The number of amides is 2. The summed E-state index contributed by atoms with van der Waals surface area (Å²) in [5.41, 5.74) is 1.29. The lowest BCUT2D eigenvalue weighted by Gasteiger charge is -2.13. The minimum absolute atomic E-state index is 0.0228. The van der Waals surface area contributed by atoms with Crippen molar-refractivity contribution in [3.05, 3.63) is 109 Å². The molecule has 0 aliphatic heterocycles. The molecule has 2 N–H and O–H groups in total. The number of benzene rings is 3. The number of hydrogen-bond donors (Lipinski definition) is 2. The van der Waals surface area contributed by atoms with E-state index in [1.165, 1.54) is 30.3 Å². The van der Waals surface area contributed by atoms with E-state index in [4.69, 9.17) is 0 Å². The third-order valence-electron chi connectivity index (χ3n) is 4.15. The number of non-ortho nitro benzene ring substituents is 1. The maximum atomic E-state index is 13.0. The molecule has 0 aliphatic carbocycles. The third-order valence-corrected chi connectivity index (χ3v) is 5.53. The summed E-state index contributed by atoms with van der Waals surface area (Å²) < 4.78 is 1.25. The molecule has 0 spiro atoms. The molecule has 156 valence electrons. The Hall–Kier alpha value is -3.30. The molecule has 0 saturated heterocycles. The quantitative estimate of drug-likeness (QED) is 0.242. The molecule has 0 fully saturated rings. The van der Waals surface area contributed by atoms with Crippen LogP contribution in [-0.4, -0.2) is 16.7 Å². The van der Waals surface area contributed by atoms with Crippen molar-refractivity contribution in [2.75, 3.05) is 5.32 Å². The lowest BCUT2D eigenvalue weighted by Crippen LogP contribution is -2.31. The second-order valence-corrected chi connectivity index (χ2v) is 7.98. The van der Waals surface area contributed by atoms with Gasteiger partial charge in [0.2, 0.25) is 0 Å². The van der Waals surface area contributed by atoms with E-state index in [9.17, 15) is 19.7 Å². The van der Waals surface area contributed by atoms with Gasteiger partial charge in [-0.05, 0) is 79.9 Å². The number of anilines is 1. The van der Waals surface area contributed by atoms with Crippen LogP contribution < -0.4 is 10.6 Å². The average molecular weight is 545 g/mol. The number of carbonyl (C=O) groups is 2. The molecule has 0 heterocycles. The van der Waals surface area contributed by atoms with E-state index in [-0.39, 0.29) is 11.4 Å². The summed E-state index contributed by atoms with van der Waals surface area (Å²) in [6, 6.07) is 19.5. The highest BCUT2D eigenvalue weighted by Crippen LogP contribution is 2.22. The van der Waals surface area contributed by atoms with Gasteiger partial charge in [-0.15, -0.1) is 0 Å². The van der Waals surface area contributed by atoms with Crippen LogP contribution in [0.2, 0.25) is 0 Å². The number of nitro benzene ring substituents is 1. The van der Waals surface area contributed by atoms with Gasteiger partial charge in [0.1, 0.15) is 5.70 Å². The van der Waals surface area contributed by atoms with Crippen LogP contribution in [0, 0.1) is 10.1 Å². The predicted molar refractivity (Wildman–Crippen MR) is 125 cm³/mol. The zero-order valence-electron chi connectivity index (χ0n) is 15.8. The second-order valence-electron chi connectivity index (χ2n) is 6.27. The van der Waals surface area contributed by atoms with Gasteiger partial charge in [-0.3, -0.25) is 19.7 Å². The number of carbonyl (C=O) groups excluding carboxylic acids is 2. The molecule has 3 rings (SSSR count). The Balaban J connectivity index is 1.93. The van der Waals surface area contributed by atoms with Crippen LogP contribution in [-0.2, 0) is 4.79 Å². The van der Waals surface area contributed by atoms with Crippen molar-refractivity contribution in [1.29, 1.82) is 0 Å². The average Bonchev–Trinajstić information content (AvgIpc) is 2.75. The van der Waals surface area contributed by atoms with E-state index in [1.54, 1.807) is 42.5 Å². The molecule has 0 saturated carbocycles. The van der Waals surface area contributed by atoms with Crippen molar-refractivity contribution in [3.63, 3.8) is 0 Å². The van der Waals surface area contributed by atoms with Gasteiger partial charge in [-0.25, -0.2) is 0 Å². The Labute approximate surface area is 194 Å². The molecule has 0 radical (unpaired) electrons. The van der Waals surface area contributed by atoms with Crippen molar-refractivity contribution in [1.82, 2.24) is 5.32 Å². The molecule has 2 amide bonds. The fourth-order valence-corrected chi connectivity index (χ4v) is 3.45. The van der Waals surface area contributed by atoms with Crippen molar-refractivity contribution >= 4 is 61.1 Å². The number of para-hydroxylation sites is 1. The smallest absolute Gasteiger partial charge is 0.272 e. The van der Waals surface area contributed by atoms with Crippen molar-refractivity contribution in [2.45, 2.75) is 0 Å². The molecule has 0 atom stereocenters. The number of rotatable bonds is 6. The van der Waals surface area contributed by atoms with Crippen LogP contribution in [0.4, 0.5) is 11.4 Å². The van der Waals surface area contributed by atoms with Crippen LogP contribution in [0.1, 0.15) is 15.9 Å². The lowest BCUT2D eigenvalue weighted by molar-refractivity contribution is -0.384. The summed E-state index contributed by atoms with van der Waals surface area (Å²) in [5, 5.41) is 16.2. The maximum Gasteiger partial charge on any atom is 0.272 e. The Morgan fingerprint density at radius 1 is 0.871 bits per heavy atom. The minimum Gasteiger partial charge on any atom is -0.320 e. The Morgan fingerprint density at radius 2 is 1.48 bits per heavy atom. The summed E-state index contributed by atoms with van der Waals surface area (Å²) in [7, 11) is 0.